The van der Waals surface area contributed by atoms with Crippen molar-refractivity contribution < 1.29 is 23.8 Å². The molecule has 8 nitrogen and oxygen atoms in total. The summed E-state index contributed by atoms with van der Waals surface area (Å²) >= 11 is 8.62. The van der Waals surface area contributed by atoms with E-state index in [1.54, 1.807) is 43.3 Å². The highest BCUT2D eigenvalue weighted by Gasteiger charge is 2.49. The van der Waals surface area contributed by atoms with Crippen molar-refractivity contribution in [3.63, 3.8) is 0 Å². The first-order valence-corrected chi connectivity index (χ1v) is 15.8. The maximum Gasteiger partial charge on any atom is 0.302 e. The number of halogens is 1. The number of benzene rings is 3. The lowest BCUT2D eigenvalue weighted by Gasteiger charge is -2.20. The van der Waals surface area contributed by atoms with E-state index in [0.29, 0.717) is 44.6 Å². The van der Waals surface area contributed by atoms with Crippen LogP contribution < -0.4 is 9.64 Å². The summed E-state index contributed by atoms with van der Waals surface area (Å²) in [5.74, 6) is 0.150. The van der Waals surface area contributed by atoms with Crippen LogP contribution in [0, 0.1) is 13.8 Å². The molecule has 3 heterocycles. The Balaban J connectivity index is 1.27. The summed E-state index contributed by atoms with van der Waals surface area (Å²) in [7, 11) is 0. The molecule has 11 heteroatoms. The van der Waals surface area contributed by atoms with E-state index in [9.17, 15) is 14.7 Å². The van der Waals surface area contributed by atoms with Gasteiger partial charge in [0.1, 0.15) is 35.7 Å². The van der Waals surface area contributed by atoms with Gasteiger partial charge in [0.15, 0.2) is 4.34 Å². The molecule has 0 saturated carbocycles. The van der Waals surface area contributed by atoms with E-state index in [1.807, 2.05) is 49.4 Å². The van der Waals surface area contributed by atoms with Gasteiger partial charge in [0, 0.05) is 16.3 Å². The summed E-state index contributed by atoms with van der Waals surface area (Å²) in [5.41, 5.74) is 3.49. The van der Waals surface area contributed by atoms with Gasteiger partial charge in [0.25, 0.3) is 5.78 Å². The number of carbonyl (C=O) groups excluding carboxylic acids is 2. The number of aliphatic hydroxyl groups is 1. The predicted molar refractivity (Wildman–Crippen MR) is 171 cm³/mol. The van der Waals surface area contributed by atoms with Crippen molar-refractivity contribution in [2.24, 2.45) is 0 Å². The molecule has 3 aromatic carbocycles. The van der Waals surface area contributed by atoms with Gasteiger partial charge < -0.3 is 14.3 Å². The number of thioether (sulfide) groups is 1. The maximum atomic E-state index is 13.5. The highest BCUT2D eigenvalue weighted by molar-refractivity contribution is 8.00. The molecule has 44 heavy (non-hydrogen) atoms. The van der Waals surface area contributed by atoms with Gasteiger partial charge in [-0.05, 0) is 73.5 Å². The van der Waals surface area contributed by atoms with Crippen molar-refractivity contribution in [1.82, 2.24) is 10.2 Å². The zero-order valence-corrected chi connectivity index (χ0v) is 26.1. The fourth-order valence-corrected chi connectivity index (χ4v) is 6.77. The second-order valence-electron chi connectivity index (χ2n) is 10.2. The number of aryl methyl sites for hydroxylation is 2. The first kappa shape index (κ1) is 29.7. The molecule has 1 fully saturated rings. The lowest BCUT2D eigenvalue weighted by Crippen LogP contribution is -2.29. The molecule has 1 aliphatic rings. The van der Waals surface area contributed by atoms with Gasteiger partial charge in [0.2, 0.25) is 5.13 Å². The minimum absolute atomic E-state index is 0.0941. The van der Waals surface area contributed by atoms with Gasteiger partial charge in [-0.1, -0.05) is 76.7 Å². The van der Waals surface area contributed by atoms with E-state index < -0.39 is 17.7 Å². The third-order valence-corrected chi connectivity index (χ3v) is 9.35. The number of ether oxygens (including phenoxy) is 1. The summed E-state index contributed by atoms with van der Waals surface area (Å²) in [6.07, 6.45) is 0. The molecule has 5 aromatic rings. The normalized spacial score (nSPS) is 16.1. The Morgan fingerprint density at radius 3 is 2.48 bits per heavy atom. The predicted octanol–water partition coefficient (Wildman–Crippen LogP) is 7.90. The Morgan fingerprint density at radius 1 is 1.00 bits per heavy atom. The number of hydrogen-bond acceptors (Lipinski definition) is 9. The Bertz CT molecular complexity index is 1860. The fraction of sp³-hybridized carbons (Fsp3) is 0.152. The Morgan fingerprint density at radius 2 is 1.77 bits per heavy atom. The largest absolute Gasteiger partial charge is 0.507 e. The Kier molecular flexibility index (Phi) is 8.56. The summed E-state index contributed by atoms with van der Waals surface area (Å²) in [5, 5.41) is 20.8. The van der Waals surface area contributed by atoms with Gasteiger partial charge in [-0.3, -0.25) is 14.5 Å². The SMILES string of the molecule is Cc1cccc(COc2ccc(C(O)=C3C(=O)C(=O)N(c4nnc(SCc5ccc(Cl)cc5)s4)C3c3ccc(C)o3)cc2)c1. The molecule has 1 atom stereocenters. The average Bonchev–Trinajstić information content (AvgIpc) is 3.73. The van der Waals surface area contributed by atoms with E-state index in [1.165, 1.54) is 28.0 Å². The lowest BCUT2D eigenvalue weighted by atomic mass is 9.99. The number of hydrogen-bond donors (Lipinski definition) is 1. The van der Waals surface area contributed by atoms with E-state index in [2.05, 4.69) is 16.3 Å². The minimum Gasteiger partial charge on any atom is -0.507 e. The molecule has 1 N–H and O–H groups in total. The zero-order valence-electron chi connectivity index (χ0n) is 23.7. The fourth-order valence-electron chi connectivity index (χ4n) is 4.82. The van der Waals surface area contributed by atoms with Crippen LogP contribution in [-0.4, -0.2) is 27.0 Å². The highest BCUT2D eigenvalue weighted by Crippen LogP contribution is 2.44. The van der Waals surface area contributed by atoms with Crippen molar-refractivity contribution >= 4 is 57.3 Å². The molecule has 0 spiro atoms. The van der Waals surface area contributed by atoms with Crippen LogP contribution in [0.15, 0.2) is 99.3 Å². The second-order valence-corrected chi connectivity index (χ2v) is 12.8. The minimum atomic E-state index is -1.02. The van der Waals surface area contributed by atoms with Crippen LogP contribution in [0.25, 0.3) is 5.76 Å². The number of furan rings is 1. The summed E-state index contributed by atoms with van der Waals surface area (Å²) in [6, 6.07) is 24.6. The molecule has 0 bridgehead atoms. The molecule has 0 radical (unpaired) electrons. The zero-order chi connectivity index (χ0) is 30.8. The molecule has 1 aliphatic heterocycles. The standard InChI is InChI=1S/C33H26ClN3O5S2/c1-19-4-3-5-22(16-19)17-41-25-13-9-23(10-14-25)29(38)27-28(26-15-6-20(2)42-26)37(31(40)30(27)39)32-35-36-33(44-32)43-18-21-7-11-24(34)12-8-21/h3-16,28,38H,17-18H2,1-2H3. The van der Waals surface area contributed by atoms with Gasteiger partial charge in [-0.25, -0.2) is 0 Å². The number of anilines is 1. The lowest BCUT2D eigenvalue weighted by molar-refractivity contribution is -0.132. The highest BCUT2D eigenvalue weighted by atomic mass is 35.5. The van der Waals surface area contributed by atoms with Gasteiger partial charge in [-0.15, -0.1) is 10.2 Å². The van der Waals surface area contributed by atoms with Crippen LogP contribution in [0.4, 0.5) is 5.13 Å². The van der Waals surface area contributed by atoms with Crippen LogP contribution in [0.2, 0.25) is 5.02 Å². The number of aliphatic hydroxyl groups excluding tert-OH is 1. The number of ketones is 1. The van der Waals surface area contributed by atoms with Crippen molar-refractivity contribution in [2.45, 2.75) is 36.6 Å². The van der Waals surface area contributed by atoms with Crippen LogP contribution in [0.1, 0.15) is 39.8 Å². The molecular formula is C33H26ClN3O5S2. The van der Waals surface area contributed by atoms with Crippen molar-refractivity contribution in [1.29, 1.82) is 0 Å². The molecule has 2 aromatic heterocycles. The average molecular weight is 644 g/mol. The molecular weight excluding hydrogens is 618 g/mol. The second kappa shape index (κ2) is 12.7. The maximum absolute atomic E-state index is 13.5. The number of rotatable bonds is 9. The molecule has 1 unspecified atom stereocenters. The van der Waals surface area contributed by atoms with Crippen LogP contribution in [0.5, 0.6) is 5.75 Å². The first-order chi connectivity index (χ1) is 21.3. The molecule has 6 rings (SSSR count). The van der Waals surface area contributed by atoms with Crippen molar-refractivity contribution in [3.8, 4) is 5.75 Å². The van der Waals surface area contributed by atoms with Crippen molar-refractivity contribution in [2.75, 3.05) is 4.90 Å². The molecule has 0 aliphatic carbocycles. The van der Waals surface area contributed by atoms with Gasteiger partial charge >= 0.3 is 5.91 Å². The van der Waals surface area contributed by atoms with E-state index in [4.69, 9.17) is 20.8 Å². The van der Waals surface area contributed by atoms with Gasteiger partial charge in [0.05, 0.1) is 5.57 Å². The van der Waals surface area contributed by atoms with Crippen LogP contribution in [-0.2, 0) is 21.9 Å². The quantitative estimate of drug-likeness (QED) is 0.0568. The molecule has 222 valence electrons. The van der Waals surface area contributed by atoms with Crippen molar-refractivity contribution in [3.05, 3.63) is 129 Å². The third-order valence-electron chi connectivity index (χ3n) is 6.97. The van der Waals surface area contributed by atoms with E-state index in [-0.39, 0.29) is 16.5 Å². The summed E-state index contributed by atoms with van der Waals surface area (Å²) in [4.78, 5) is 28.2. The number of aromatic nitrogens is 2. The van der Waals surface area contributed by atoms with E-state index in [0.717, 1.165) is 16.7 Å². The first-order valence-electron chi connectivity index (χ1n) is 13.6. The Labute approximate surface area is 267 Å². The summed E-state index contributed by atoms with van der Waals surface area (Å²) < 4.78 is 12.4. The van der Waals surface area contributed by atoms with Crippen LogP contribution >= 0.6 is 34.7 Å². The molecule has 1 amide bonds. The Hall–Kier alpha value is -4.38. The number of nitrogens with zero attached hydrogens (tertiary/aromatic N) is 3. The van der Waals surface area contributed by atoms with E-state index >= 15 is 0 Å². The number of carbonyl (C=O) groups is 2. The number of Topliss-reactive ketones (excluding diaryl/α,β-unsaturated/α-hetero) is 1. The molecule has 1 saturated heterocycles. The summed E-state index contributed by atoms with van der Waals surface area (Å²) in [6.45, 7) is 4.17. The van der Waals surface area contributed by atoms with Crippen LogP contribution in [0.3, 0.4) is 0 Å². The monoisotopic (exact) mass is 643 g/mol. The smallest absolute Gasteiger partial charge is 0.302 e. The number of amides is 1. The third kappa shape index (κ3) is 6.28. The topological polar surface area (TPSA) is 106 Å². The van der Waals surface area contributed by atoms with Gasteiger partial charge in [-0.2, -0.15) is 0 Å².